The molecule has 0 saturated heterocycles. The van der Waals surface area contributed by atoms with Crippen molar-refractivity contribution in [1.29, 1.82) is 0 Å². The number of carbonyl (C=O) groups excluding carboxylic acids is 1. The molecule has 0 amide bonds. The maximum atomic E-state index is 10.9. The summed E-state index contributed by atoms with van der Waals surface area (Å²) in [5, 5.41) is 9.45. The highest BCUT2D eigenvalue weighted by atomic mass is 35.5. The monoisotopic (exact) mass is 274 g/mol. The van der Waals surface area contributed by atoms with E-state index in [1.54, 1.807) is 0 Å². The minimum Gasteiger partial charge on any atom is -0.469 e. The lowest BCUT2D eigenvalue weighted by Gasteiger charge is -2.17. The fourth-order valence-corrected chi connectivity index (χ4v) is 2.94. The molecule has 104 valence electrons. The molecule has 4 heteroatoms. The summed E-state index contributed by atoms with van der Waals surface area (Å²) in [7, 11) is 1.41. The number of unbranched alkanes of at least 4 members (excludes halogenated alkanes) is 1. The Bertz CT molecular complexity index is 278. The average Bonchev–Trinajstić information content (AvgIpc) is 2.74. The summed E-state index contributed by atoms with van der Waals surface area (Å²) in [6.45, 7) is 0.240. The van der Waals surface area contributed by atoms with E-state index in [1.165, 1.54) is 7.11 Å². The maximum absolute atomic E-state index is 10.9. The van der Waals surface area contributed by atoms with Gasteiger partial charge in [-0.3, -0.25) is 4.79 Å². The van der Waals surface area contributed by atoms with Crippen molar-refractivity contribution in [1.82, 2.24) is 0 Å². The number of alkyl halides is 1. The molecule has 0 heterocycles. The van der Waals surface area contributed by atoms with Crippen LogP contribution in [0.3, 0.4) is 0 Å². The number of rotatable bonds is 7. The van der Waals surface area contributed by atoms with E-state index in [4.69, 9.17) is 11.6 Å². The first-order chi connectivity index (χ1) is 8.69. The van der Waals surface area contributed by atoms with Crippen LogP contribution in [-0.4, -0.2) is 30.2 Å². The fourth-order valence-electron chi connectivity index (χ4n) is 2.50. The molecule has 1 aliphatic rings. The second-order valence-electron chi connectivity index (χ2n) is 4.88. The highest BCUT2D eigenvalue weighted by Gasteiger charge is 2.33. The molecule has 1 fully saturated rings. The zero-order valence-corrected chi connectivity index (χ0v) is 11.7. The molecule has 3 nitrogen and oxygen atoms in total. The van der Waals surface area contributed by atoms with Crippen molar-refractivity contribution in [2.75, 3.05) is 13.7 Å². The Morgan fingerprint density at radius 1 is 1.44 bits per heavy atom. The van der Waals surface area contributed by atoms with E-state index >= 15 is 0 Å². The van der Waals surface area contributed by atoms with E-state index in [0.717, 1.165) is 32.1 Å². The molecule has 1 N–H and O–H groups in total. The minimum atomic E-state index is -0.152. The van der Waals surface area contributed by atoms with Crippen LogP contribution in [0.4, 0.5) is 0 Å². The van der Waals surface area contributed by atoms with Gasteiger partial charge >= 0.3 is 5.97 Å². The third-order valence-corrected chi connectivity index (χ3v) is 4.21. The van der Waals surface area contributed by atoms with Crippen LogP contribution in [-0.2, 0) is 9.53 Å². The second-order valence-corrected chi connectivity index (χ2v) is 5.44. The van der Waals surface area contributed by atoms with E-state index < -0.39 is 0 Å². The fraction of sp³-hybridized carbons (Fsp3) is 0.786. The standard InChI is InChI=1S/C14H23ClO3/c1-18-14(17)7-5-3-2-4-6-12-11(10-16)8-9-13(12)15/h2,4,11-13,16H,3,5-10H2,1H3/b4-2-/t11?,12-,13?/m1/s1. The number of methoxy groups -OCH3 is 1. The van der Waals surface area contributed by atoms with E-state index in [2.05, 4.69) is 16.9 Å². The Hall–Kier alpha value is -0.540. The van der Waals surface area contributed by atoms with Crippen LogP contribution in [0.2, 0.25) is 0 Å². The van der Waals surface area contributed by atoms with Gasteiger partial charge in [0, 0.05) is 18.4 Å². The Morgan fingerprint density at radius 2 is 2.22 bits per heavy atom. The van der Waals surface area contributed by atoms with Gasteiger partial charge in [-0.15, -0.1) is 11.6 Å². The number of aliphatic hydroxyl groups is 1. The van der Waals surface area contributed by atoms with Gasteiger partial charge in [0.25, 0.3) is 0 Å². The first-order valence-electron chi connectivity index (χ1n) is 6.65. The molecule has 0 bridgehead atoms. The van der Waals surface area contributed by atoms with Crippen LogP contribution < -0.4 is 0 Å². The molecule has 0 aromatic carbocycles. The van der Waals surface area contributed by atoms with Crippen molar-refractivity contribution in [2.24, 2.45) is 11.8 Å². The summed E-state index contributed by atoms with van der Waals surface area (Å²) in [5.74, 6) is 0.598. The van der Waals surface area contributed by atoms with E-state index in [9.17, 15) is 9.90 Å². The highest BCUT2D eigenvalue weighted by Crippen LogP contribution is 2.37. The predicted molar refractivity (Wildman–Crippen MR) is 72.6 cm³/mol. The number of hydrogen-bond donors (Lipinski definition) is 1. The zero-order chi connectivity index (χ0) is 13.4. The number of carbonyl (C=O) groups is 1. The number of ether oxygens (including phenoxy) is 1. The smallest absolute Gasteiger partial charge is 0.305 e. The summed E-state index contributed by atoms with van der Waals surface area (Å²) in [4.78, 5) is 10.9. The van der Waals surface area contributed by atoms with Gasteiger partial charge in [-0.05, 0) is 43.9 Å². The van der Waals surface area contributed by atoms with Crippen molar-refractivity contribution in [3.8, 4) is 0 Å². The van der Waals surface area contributed by atoms with Crippen LogP contribution in [0.15, 0.2) is 12.2 Å². The zero-order valence-electron chi connectivity index (χ0n) is 11.0. The Morgan fingerprint density at radius 3 is 2.89 bits per heavy atom. The lowest BCUT2D eigenvalue weighted by molar-refractivity contribution is -0.140. The maximum Gasteiger partial charge on any atom is 0.305 e. The number of halogens is 1. The van der Waals surface area contributed by atoms with E-state index in [1.807, 2.05) is 0 Å². The van der Waals surface area contributed by atoms with Gasteiger partial charge in [0.1, 0.15) is 0 Å². The summed E-state index contributed by atoms with van der Waals surface area (Å²) in [6, 6.07) is 0. The third kappa shape index (κ3) is 4.99. The number of esters is 1. The van der Waals surface area contributed by atoms with Gasteiger partial charge in [0.05, 0.1) is 7.11 Å². The SMILES string of the molecule is COC(=O)CCC/C=C\C[C@H]1C(Cl)CCC1CO. The number of hydrogen-bond acceptors (Lipinski definition) is 3. The highest BCUT2D eigenvalue weighted by molar-refractivity contribution is 6.21. The van der Waals surface area contributed by atoms with Gasteiger partial charge in [-0.2, -0.15) is 0 Å². The van der Waals surface area contributed by atoms with Gasteiger partial charge in [-0.25, -0.2) is 0 Å². The Labute approximate surface area is 114 Å². The molecule has 0 aromatic heterocycles. The Balaban J connectivity index is 2.17. The summed E-state index contributed by atoms with van der Waals surface area (Å²) in [6.07, 6.45) is 9.38. The largest absolute Gasteiger partial charge is 0.469 e. The molecule has 1 saturated carbocycles. The van der Waals surface area contributed by atoms with Crippen LogP contribution in [0, 0.1) is 11.8 Å². The molecule has 3 atom stereocenters. The van der Waals surface area contributed by atoms with Gasteiger partial charge in [0.15, 0.2) is 0 Å². The molecule has 1 aliphatic carbocycles. The van der Waals surface area contributed by atoms with Crippen LogP contribution in [0.25, 0.3) is 0 Å². The first-order valence-corrected chi connectivity index (χ1v) is 7.09. The van der Waals surface area contributed by atoms with Crippen molar-refractivity contribution >= 4 is 17.6 Å². The summed E-state index contributed by atoms with van der Waals surface area (Å²) < 4.78 is 4.57. The molecule has 0 radical (unpaired) electrons. The molecule has 0 aliphatic heterocycles. The molecular formula is C14H23ClO3. The van der Waals surface area contributed by atoms with E-state index in [-0.39, 0.29) is 18.0 Å². The number of allylic oxidation sites excluding steroid dienone is 2. The molecular weight excluding hydrogens is 252 g/mol. The van der Waals surface area contributed by atoms with Crippen molar-refractivity contribution < 1.29 is 14.6 Å². The minimum absolute atomic E-state index is 0.152. The third-order valence-electron chi connectivity index (χ3n) is 3.67. The predicted octanol–water partition coefficient (Wildman–Crippen LogP) is 2.90. The molecule has 2 unspecified atom stereocenters. The van der Waals surface area contributed by atoms with Gasteiger partial charge < -0.3 is 9.84 Å². The van der Waals surface area contributed by atoms with E-state index in [0.29, 0.717) is 18.3 Å². The van der Waals surface area contributed by atoms with Gasteiger partial charge in [0.2, 0.25) is 0 Å². The molecule has 0 spiro atoms. The van der Waals surface area contributed by atoms with Crippen molar-refractivity contribution in [2.45, 2.75) is 43.9 Å². The van der Waals surface area contributed by atoms with Gasteiger partial charge in [-0.1, -0.05) is 12.2 Å². The second kappa shape index (κ2) is 8.54. The topological polar surface area (TPSA) is 46.5 Å². The molecule has 1 rings (SSSR count). The normalized spacial score (nSPS) is 27.8. The number of aliphatic hydroxyl groups excluding tert-OH is 1. The lowest BCUT2D eigenvalue weighted by Crippen LogP contribution is -2.17. The Kier molecular flexibility index (Phi) is 7.36. The average molecular weight is 275 g/mol. The lowest BCUT2D eigenvalue weighted by atomic mass is 9.93. The molecule has 0 aromatic rings. The molecule has 18 heavy (non-hydrogen) atoms. The quantitative estimate of drug-likeness (QED) is 0.336. The summed E-state index contributed by atoms with van der Waals surface area (Å²) >= 11 is 6.25. The van der Waals surface area contributed by atoms with Crippen molar-refractivity contribution in [3.05, 3.63) is 12.2 Å². The van der Waals surface area contributed by atoms with Crippen LogP contribution in [0.5, 0.6) is 0 Å². The summed E-state index contributed by atoms with van der Waals surface area (Å²) in [5.41, 5.74) is 0. The van der Waals surface area contributed by atoms with Crippen molar-refractivity contribution in [3.63, 3.8) is 0 Å². The first kappa shape index (κ1) is 15.5. The van der Waals surface area contributed by atoms with Crippen LogP contribution >= 0.6 is 11.6 Å². The van der Waals surface area contributed by atoms with Crippen LogP contribution in [0.1, 0.15) is 38.5 Å².